The molecular formula is C24H23NO4. The second kappa shape index (κ2) is 7.87. The zero-order valence-electron chi connectivity index (χ0n) is 16.5. The molecule has 0 unspecified atom stereocenters. The molecule has 4 rings (SSSR count). The van der Waals surface area contributed by atoms with Gasteiger partial charge in [-0.05, 0) is 39.9 Å². The number of ether oxygens (including phenoxy) is 2. The van der Waals surface area contributed by atoms with Crippen LogP contribution in [0.3, 0.4) is 0 Å². The van der Waals surface area contributed by atoms with Gasteiger partial charge in [0, 0.05) is 19.5 Å². The number of hydrogen-bond acceptors (Lipinski definition) is 4. The molecule has 5 nitrogen and oxygen atoms in total. The fourth-order valence-corrected chi connectivity index (χ4v) is 3.88. The standard InChI is InChI=1S/C24H23NO4/c1-25(14-16-11-12-23(28-2)22(26)13-16)24(27)29-15-21-19-9-5-3-7-17(19)18-8-4-6-10-20(18)21/h3-13,21,26H,14-15H2,1-2H3. The van der Waals surface area contributed by atoms with Gasteiger partial charge in [0.1, 0.15) is 6.61 Å². The minimum absolute atomic E-state index is 0.0322. The number of aromatic hydroxyl groups is 1. The van der Waals surface area contributed by atoms with E-state index in [1.807, 2.05) is 30.3 Å². The lowest BCUT2D eigenvalue weighted by Gasteiger charge is -2.20. The Morgan fingerprint density at radius 1 is 1.00 bits per heavy atom. The third kappa shape index (κ3) is 3.63. The maximum Gasteiger partial charge on any atom is 0.409 e. The molecule has 29 heavy (non-hydrogen) atoms. The number of fused-ring (bicyclic) bond motifs is 3. The number of benzene rings is 3. The molecule has 0 aliphatic heterocycles. The molecule has 0 radical (unpaired) electrons. The number of carbonyl (C=O) groups is 1. The highest BCUT2D eigenvalue weighted by Gasteiger charge is 2.29. The van der Waals surface area contributed by atoms with E-state index in [1.165, 1.54) is 34.3 Å². The Kier molecular flexibility index (Phi) is 5.12. The van der Waals surface area contributed by atoms with E-state index >= 15 is 0 Å². The van der Waals surface area contributed by atoms with Gasteiger partial charge in [0.15, 0.2) is 11.5 Å². The summed E-state index contributed by atoms with van der Waals surface area (Å²) in [6, 6.07) is 21.6. The van der Waals surface area contributed by atoms with Crippen molar-refractivity contribution >= 4 is 6.09 Å². The molecule has 1 N–H and O–H groups in total. The molecule has 5 heteroatoms. The summed E-state index contributed by atoms with van der Waals surface area (Å²) in [4.78, 5) is 14.0. The Labute approximate surface area is 170 Å². The molecule has 3 aromatic carbocycles. The van der Waals surface area contributed by atoms with E-state index in [2.05, 4.69) is 24.3 Å². The zero-order valence-corrected chi connectivity index (χ0v) is 16.5. The first kappa shape index (κ1) is 18.9. The van der Waals surface area contributed by atoms with Gasteiger partial charge in [-0.3, -0.25) is 0 Å². The van der Waals surface area contributed by atoms with Gasteiger partial charge in [-0.1, -0.05) is 54.6 Å². The Morgan fingerprint density at radius 3 is 2.21 bits per heavy atom. The van der Waals surface area contributed by atoms with Gasteiger partial charge in [0.05, 0.1) is 7.11 Å². The minimum atomic E-state index is -0.401. The first-order valence-electron chi connectivity index (χ1n) is 9.50. The van der Waals surface area contributed by atoms with Crippen LogP contribution in [0.15, 0.2) is 66.7 Å². The van der Waals surface area contributed by atoms with E-state index in [9.17, 15) is 9.90 Å². The number of hydrogen-bond donors (Lipinski definition) is 1. The van der Waals surface area contributed by atoms with Crippen LogP contribution in [-0.4, -0.2) is 36.9 Å². The average Bonchev–Trinajstić information content (AvgIpc) is 3.06. The van der Waals surface area contributed by atoms with Crippen molar-refractivity contribution in [3.63, 3.8) is 0 Å². The van der Waals surface area contributed by atoms with Gasteiger partial charge in [-0.2, -0.15) is 0 Å². The van der Waals surface area contributed by atoms with Crippen molar-refractivity contribution in [1.82, 2.24) is 4.90 Å². The molecule has 0 heterocycles. The van der Waals surface area contributed by atoms with Crippen LogP contribution in [0, 0.1) is 0 Å². The number of phenols is 1. The van der Waals surface area contributed by atoms with Crippen molar-refractivity contribution in [1.29, 1.82) is 0 Å². The zero-order chi connectivity index (χ0) is 20.4. The second-order valence-corrected chi connectivity index (χ2v) is 7.17. The van der Waals surface area contributed by atoms with Gasteiger partial charge in [0.2, 0.25) is 0 Å². The van der Waals surface area contributed by atoms with Crippen LogP contribution >= 0.6 is 0 Å². The molecule has 1 aliphatic carbocycles. The van der Waals surface area contributed by atoms with Gasteiger partial charge >= 0.3 is 6.09 Å². The van der Waals surface area contributed by atoms with E-state index in [1.54, 1.807) is 19.2 Å². The summed E-state index contributed by atoms with van der Waals surface area (Å²) in [5.41, 5.74) is 5.56. The van der Waals surface area contributed by atoms with Crippen molar-refractivity contribution in [2.45, 2.75) is 12.5 Å². The highest BCUT2D eigenvalue weighted by atomic mass is 16.6. The Balaban J connectivity index is 1.44. The van der Waals surface area contributed by atoms with Crippen LogP contribution in [0.25, 0.3) is 11.1 Å². The Hall–Kier alpha value is -3.47. The van der Waals surface area contributed by atoms with Crippen LogP contribution in [0.1, 0.15) is 22.6 Å². The average molecular weight is 389 g/mol. The van der Waals surface area contributed by atoms with E-state index < -0.39 is 6.09 Å². The maximum absolute atomic E-state index is 12.6. The molecule has 0 saturated carbocycles. The third-order valence-electron chi connectivity index (χ3n) is 5.31. The van der Waals surface area contributed by atoms with Crippen LogP contribution < -0.4 is 4.74 Å². The molecule has 0 saturated heterocycles. The molecule has 1 amide bonds. The lowest BCUT2D eigenvalue weighted by Crippen LogP contribution is -2.28. The third-order valence-corrected chi connectivity index (χ3v) is 5.31. The molecule has 0 aromatic heterocycles. The predicted molar refractivity (Wildman–Crippen MR) is 111 cm³/mol. The molecule has 0 atom stereocenters. The second-order valence-electron chi connectivity index (χ2n) is 7.17. The summed E-state index contributed by atoms with van der Waals surface area (Å²) in [5.74, 6) is 0.480. The normalized spacial score (nSPS) is 12.2. The molecule has 0 bridgehead atoms. The number of carbonyl (C=O) groups excluding carboxylic acids is 1. The van der Waals surface area contributed by atoms with Crippen LogP contribution in [-0.2, 0) is 11.3 Å². The van der Waals surface area contributed by atoms with Gasteiger partial charge < -0.3 is 19.5 Å². The summed E-state index contributed by atoms with van der Waals surface area (Å²) >= 11 is 0. The minimum Gasteiger partial charge on any atom is -0.504 e. The number of nitrogens with zero attached hydrogens (tertiary/aromatic N) is 1. The Morgan fingerprint density at radius 2 is 1.62 bits per heavy atom. The van der Waals surface area contributed by atoms with E-state index in [4.69, 9.17) is 9.47 Å². The van der Waals surface area contributed by atoms with Crippen molar-refractivity contribution in [3.05, 3.63) is 83.4 Å². The number of methoxy groups -OCH3 is 1. The van der Waals surface area contributed by atoms with E-state index in [0.717, 1.165) is 5.56 Å². The Bertz CT molecular complexity index is 1000. The topological polar surface area (TPSA) is 59.0 Å². The lowest BCUT2D eigenvalue weighted by molar-refractivity contribution is 0.106. The lowest BCUT2D eigenvalue weighted by atomic mass is 9.98. The summed E-state index contributed by atoms with van der Waals surface area (Å²) in [7, 11) is 3.18. The van der Waals surface area contributed by atoms with Gasteiger partial charge in [0.25, 0.3) is 0 Å². The summed E-state index contributed by atoms with van der Waals surface area (Å²) in [6.45, 7) is 0.610. The van der Waals surface area contributed by atoms with Crippen molar-refractivity contribution in [2.24, 2.45) is 0 Å². The first-order valence-corrected chi connectivity index (χ1v) is 9.50. The van der Waals surface area contributed by atoms with E-state index in [-0.39, 0.29) is 18.3 Å². The summed E-state index contributed by atoms with van der Waals surface area (Å²) in [5, 5.41) is 9.92. The number of rotatable bonds is 5. The smallest absolute Gasteiger partial charge is 0.409 e. The largest absolute Gasteiger partial charge is 0.504 e. The number of amides is 1. The molecule has 3 aromatic rings. The molecule has 0 spiro atoms. The quantitative estimate of drug-likeness (QED) is 0.682. The maximum atomic E-state index is 12.6. The van der Waals surface area contributed by atoms with Crippen LogP contribution in [0.5, 0.6) is 11.5 Å². The highest BCUT2D eigenvalue weighted by Crippen LogP contribution is 2.44. The van der Waals surface area contributed by atoms with Crippen molar-refractivity contribution in [2.75, 3.05) is 20.8 Å². The van der Waals surface area contributed by atoms with Crippen LogP contribution in [0.2, 0.25) is 0 Å². The van der Waals surface area contributed by atoms with Gasteiger partial charge in [-0.25, -0.2) is 4.79 Å². The molecule has 0 fully saturated rings. The molecule has 1 aliphatic rings. The monoisotopic (exact) mass is 389 g/mol. The predicted octanol–water partition coefficient (Wildman–Crippen LogP) is 4.78. The first-order chi connectivity index (χ1) is 14.1. The summed E-state index contributed by atoms with van der Waals surface area (Å²) in [6.07, 6.45) is -0.401. The van der Waals surface area contributed by atoms with Crippen LogP contribution in [0.4, 0.5) is 4.79 Å². The summed E-state index contributed by atoms with van der Waals surface area (Å²) < 4.78 is 10.7. The SMILES string of the molecule is COc1ccc(CN(C)C(=O)OCC2c3ccccc3-c3ccccc32)cc1O. The number of phenolic OH excluding ortho intramolecular Hbond substituents is 1. The highest BCUT2D eigenvalue weighted by molar-refractivity contribution is 5.79. The molecular weight excluding hydrogens is 366 g/mol. The molecule has 148 valence electrons. The van der Waals surface area contributed by atoms with E-state index in [0.29, 0.717) is 12.3 Å². The fourth-order valence-electron chi connectivity index (χ4n) is 3.88. The van der Waals surface area contributed by atoms with Gasteiger partial charge in [-0.15, -0.1) is 0 Å². The van der Waals surface area contributed by atoms with Crippen molar-refractivity contribution < 1.29 is 19.4 Å². The van der Waals surface area contributed by atoms with Crippen molar-refractivity contribution in [3.8, 4) is 22.6 Å². The fraction of sp³-hybridized carbons (Fsp3) is 0.208.